The molecule has 2 rings (SSSR count). The van der Waals surface area contributed by atoms with Crippen molar-refractivity contribution < 1.29 is 9.59 Å². The predicted molar refractivity (Wildman–Crippen MR) is 90.2 cm³/mol. The lowest BCUT2D eigenvalue weighted by atomic mass is 10.2. The maximum absolute atomic E-state index is 11.9. The molecule has 21 heavy (non-hydrogen) atoms. The van der Waals surface area contributed by atoms with Crippen molar-refractivity contribution in [1.82, 2.24) is 4.98 Å². The van der Waals surface area contributed by atoms with Gasteiger partial charge in [-0.05, 0) is 24.6 Å². The molecule has 0 bridgehead atoms. The number of nitrogens with one attached hydrogen (secondary N) is 2. The van der Waals surface area contributed by atoms with Gasteiger partial charge in [0.2, 0.25) is 11.8 Å². The third kappa shape index (κ3) is 4.25. The normalized spacial score (nSPS) is 12.1. The van der Waals surface area contributed by atoms with Gasteiger partial charge in [0, 0.05) is 12.6 Å². The Morgan fingerprint density at radius 2 is 2.14 bits per heavy atom. The summed E-state index contributed by atoms with van der Waals surface area (Å²) >= 11 is 4.75. The van der Waals surface area contributed by atoms with Crippen molar-refractivity contribution in [3.05, 3.63) is 18.2 Å². The molecule has 7 heteroatoms. The molecule has 1 atom stereocenters. The Kier molecular flexibility index (Phi) is 5.30. The van der Waals surface area contributed by atoms with E-state index in [0.29, 0.717) is 5.13 Å². The van der Waals surface area contributed by atoms with Crippen LogP contribution in [0.4, 0.5) is 10.8 Å². The molecule has 0 unspecified atom stereocenters. The fraction of sp³-hybridized carbons (Fsp3) is 0.357. The van der Waals surface area contributed by atoms with Crippen molar-refractivity contribution in [2.45, 2.75) is 31.5 Å². The number of aromatic nitrogens is 1. The van der Waals surface area contributed by atoms with Gasteiger partial charge in [-0.3, -0.25) is 9.59 Å². The van der Waals surface area contributed by atoms with Crippen molar-refractivity contribution in [3.8, 4) is 0 Å². The number of amides is 2. The summed E-state index contributed by atoms with van der Waals surface area (Å²) in [6, 6.07) is 5.46. The first-order chi connectivity index (χ1) is 9.99. The number of benzene rings is 1. The predicted octanol–water partition coefficient (Wildman–Crippen LogP) is 3.76. The summed E-state index contributed by atoms with van der Waals surface area (Å²) in [5.74, 6) is -0.202. The molecule has 1 aromatic heterocycles. The topological polar surface area (TPSA) is 71.1 Å². The first-order valence-electron chi connectivity index (χ1n) is 6.62. The third-order valence-corrected chi connectivity index (χ3v) is 4.57. The fourth-order valence-electron chi connectivity index (χ4n) is 1.83. The van der Waals surface area contributed by atoms with E-state index in [2.05, 4.69) is 31.5 Å². The van der Waals surface area contributed by atoms with Gasteiger partial charge in [-0.25, -0.2) is 4.98 Å². The number of hydrogen-bond acceptors (Lipinski definition) is 4. The molecule has 1 heterocycles. The molecule has 5 nitrogen and oxygen atoms in total. The van der Waals surface area contributed by atoms with Gasteiger partial charge in [-0.15, -0.1) is 0 Å². The van der Waals surface area contributed by atoms with E-state index in [9.17, 15) is 9.59 Å². The summed E-state index contributed by atoms with van der Waals surface area (Å²) in [5.41, 5.74) is 1.52. The molecule has 0 fully saturated rings. The van der Waals surface area contributed by atoms with Crippen molar-refractivity contribution >= 4 is 60.1 Å². The molecule has 1 aromatic carbocycles. The molecule has 0 aliphatic carbocycles. The highest BCUT2D eigenvalue weighted by atomic mass is 79.9. The van der Waals surface area contributed by atoms with E-state index in [1.807, 2.05) is 19.1 Å². The van der Waals surface area contributed by atoms with Gasteiger partial charge >= 0.3 is 0 Å². The molecule has 0 aliphatic heterocycles. The van der Waals surface area contributed by atoms with Crippen LogP contribution in [0.15, 0.2) is 18.2 Å². The average molecular weight is 370 g/mol. The second-order valence-corrected chi connectivity index (χ2v) is 6.76. The largest absolute Gasteiger partial charge is 0.326 e. The first-order valence-corrected chi connectivity index (χ1v) is 8.36. The van der Waals surface area contributed by atoms with Crippen LogP contribution in [0.3, 0.4) is 0 Å². The second-order valence-electron chi connectivity index (χ2n) is 4.63. The van der Waals surface area contributed by atoms with Crippen LogP contribution in [0.25, 0.3) is 10.2 Å². The number of hydrogen-bond donors (Lipinski definition) is 2. The van der Waals surface area contributed by atoms with Gasteiger partial charge in [0.1, 0.15) is 0 Å². The number of fused-ring (bicyclic) bond motifs is 1. The van der Waals surface area contributed by atoms with Crippen LogP contribution in [-0.2, 0) is 9.59 Å². The minimum atomic E-state index is -0.204. The maximum Gasteiger partial charge on any atom is 0.239 e. The molecular weight excluding hydrogens is 354 g/mol. The second kappa shape index (κ2) is 7.00. The third-order valence-electron chi connectivity index (χ3n) is 2.77. The molecular formula is C14H16BrN3O2S. The Labute approximate surface area is 135 Å². The number of nitrogens with zero attached hydrogens (tertiary/aromatic N) is 1. The molecule has 2 amide bonds. The van der Waals surface area contributed by atoms with Crippen LogP contribution in [0.5, 0.6) is 0 Å². The minimum Gasteiger partial charge on any atom is -0.326 e. The van der Waals surface area contributed by atoms with Crippen LogP contribution in [-0.4, -0.2) is 21.6 Å². The number of carbonyl (C=O) groups is 2. The SMILES string of the molecule is CCC[C@H](Br)C(=O)Nc1nc2ccc(NC(C)=O)cc2s1. The van der Waals surface area contributed by atoms with Crippen molar-refractivity contribution in [2.24, 2.45) is 0 Å². The van der Waals surface area contributed by atoms with E-state index in [1.165, 1.54) is 18.3 Å². The van der Waals surface area contributed by atoms with Gasteiger partial charge in [0.05, 0.1) is 15.0 Å². The van der Waals surface area contributed by atoms with Crippen LogP contribution in [0.1, 0.15) is 26.7 Å². The molecule has 0 radical (unpaired) electrons. The smallest absolute Gasteiger partial charge is 0.239 e. The standard InChI is InChI=1S/C14H16BrN3O2S/c1-3-4-10(15)13(20)18-14-17-11-6-5-9(16-8(2)19)7-12(11)21-14/h5-7,10H,3-4H2,1-2H3,(H,16,19)(H,17,18,20)/t10-/m0/s1. The number of rotatable bonds is 5. The van der Waals surface area contributed by atoms with Crippen molar-refractivity contribution in [1.29, 1.82) is 0 Å². The number of carbonyl (C=O) groups excluding carboxylic acids is 2. The van der Waals surface area contributed by atoms with Crippen LogP contribution < -0.4 is 10.6 Å². The van der Waals surface area contributed by atoms with E-state index >= 15 is 0 Å². The van der Waals surface area contributed by atoms with Gasteiger partial charge in [-0.1, -0.05) is 40.6 Å². The van der Waals surface area contributed by atoms with Crippen LogP contribution in [0, 0.1) is 0 Å². The van der Waals surface area contributed by atoms with Crippen molar-refractivity contribution in [3.63, 3.8) is 0 Å². The van der Waals surface area contributed by atoms with Gasteiger partial charge < -0.3 is 10.6 Å². The fourth-order valence-corrected chi connectivity index (χ4v) is 3.31. The number of halogens is 1. The Hall–Kier alpha value is -1.47. The summed E-state index contributed by atoms with van der Waals surface area (Å²) < 4.78 is 0.915. The zero-order valence-electron chi connectivity index (χ0n) is 11.8. The number of alkyl halides is 1. The summed E-state index contributed by atoms with van der Waals surface area (Å²) in [4.78, 5) is 27.2. The van der Waals surface area contributed by atoms with Crippen LogP contribution in [0.2, 0.25) is 0 Å². The van der Waals surface area contributed by atoms with Gasteiger partial charge in [0.15, 0.2) is 5.13 Å². The van der Waals surface area contributed by atoms with E-state index in [0.717, 1.165) is 28.7 Å². The highest BCUT2D eigenvalue weighted by Gasteiger charge is 2.15. The lowest BCUT2D eigenvalue weighted by Gasteiger charge is -2.06. The summed E-state index contributed by atoms with van der Waals surface area (Å²) in [5, 5.41) is 6.10. The monoisotopic (exact) mass is 369 g/mol. The molecule has 2 N–H and O–H groups in total. The maximum atomic E-state index is 11.9. The molecule has 0 spiro atoms. The van der Waals surface area contributed by atoms with E-state index in [-0.39, 0.29) is 16.6 Å². The highest BCUT2D eigenvalue weighted by Crippen LogP contribution is 2.28. The molecule has 0 saturated carbocycles. The zero-order chi connectivity index (χ0) is 15.4. The van der Waals surface area contributed by atoms with Crippen LogP contribution >= 0.6 is 27.3 Å². The summed E-state index contributed by atoms with van der Waals surface area (Å²) in [6.45, 7) is 3.50. The summed E-state index contributed by atoms with van der Waals surface area (Å²) in [7, 11) is 0. The van der Waals surface area contributed by atoms with E-state index in [1.54, 1.807) is 6.07 Å². The lowest BCUT2D eigenvalue weighted by Crippen LogP contribution is -2.22. The number of thiazole rings is 1. The molecule has 2 aromatic rings. The van der Waals surface area contributed by atoms with Gasteiger partial charge in [0.25, 0.3) is 0 Å². The lowest BCUT2D eigenvalue weighted by molar-refractivity contribution is -0.116. The average Bonchev–Trinajstić information content (AvgIpc) is 2.79. The quantitative estimate of drug-likeness (QED) is 0.788. The number of anilines is 2. The Balaban J connectivity index is 2.15. The molecule has 0 aliphatic rings. The molecule has 0 saturated heterocycles. The minimum absolute atomic E-state index is 0.0852. The Morgan fingerprint density at radius 1 is 1.38 bits per heavy atom. The Bertz CT molecular complexity index is 671. The zero-order valence-corrected chi connectivity index (χ0v) is 14.2. The van der Waals surface area contributed by atoms with Gasteiger partial charge in [-0.2, -0.15) is 0 Å². The first kappa shape index (κ1) is 15.9. The van der Waals surface area contributed by atoms with E-state index in [4.69, 9.17) is 0 Å². The Morgan fingerprint density at radius 3 is 2.81 bits per heavy atom. The van der Waals surface area contributed by atoms with E-state index < -0.39 is 0 Å². The summed E-state index contributed by atoms with van der Waals surface area (Å²) in [6.07, 6.45) is 1.71. The molecule has 112 valence electrons. The highest BCUT2D eigenvalue weighted by molar-refractivity contribution is 9.10. The van der Waals surface area contributed by atoms with Crippen molar-refractivity contribution in [2.75, 3.05) is 10.6 Å².